The summed E-state index contributed by atoms with van der Waals surface area (Å²) in [4.78, 5) is 2.42. The summed E-state index contributed by atoms with van der Waals surface area (Å²) < 4.78 is 0. The Hall–Kier alpha value is -0.860. The van der Waals surface area contributed by atoms with Crippen molar-refractivity contribution in [2.24, 2.45) is 5.41 Å². The van der Waals surface area contributed by atoms with E-state index in [1.54, 1.807) is 0 Å². The third kappa shape index (κ3) is 5.19. The van der Waals surface area contributed by atoms with Crippen LogP contribution in [-0.4, -0.2) is 38.1 Å². The second-order valence-electron chi connectivity index (χ2n) is 6.21. The van der Waals surface area contributed by atoms with Gasteiger partial charge in [0.15, 0.2) is 0 Å². The van der Waals surface area contributed by atoms with Crippen LogP contribution in [0.1, 0.15) is 26.3 Å². The van der Waals surface area contributed by atoms with Crippen LogP contribution in [0.4, 0.5) is 0 Å². The lowest BCUT2D eigenvalue weighted by atomic mass is 9.86. The zero-order chi connectivity index (χ0) is 13.6. The Morgan fingerprint density at radius 3 is 2.28 bits per heavy atom. The molecule has 0 aromatic heterocycles. The molecule has 0 fully saturated rings. The van der Waals surface area contributed by atoms with E-state index in [1.807, 2.05) is 0 Å². The molecule has 0 spiro atoms. The lowest BCUT2D eigenvalue weighted by molar-refractivity contribution is 0.203. The number of hydrogen-bond acceptors (Lipinski definition) is 2. The van der Waals surface area contributed by atoms with Crippen molar-refractivity contribution in [3.63, 3.8) is 0 Å². The van der Waals surface area contributed by atoms with Gasteiger partial charge in [-0.05, 0) is 31.5 Å². The molecule has 1 unspecified atom stereocenters. The number of rotatable bonds is 6. The summed E-state index contributed by atoms with van der Waals surface area (Å²) in [5.41, 5.74) is 1.72. The molecular formula is C16H28N2. The first-order valence-corrected chi connectivity index (χ1v) is 6.83. The first-order chi connectivity index (χ1) is 8.43. The molecule has 0 saturated carbocycles. The number of nitrogens with zero attached hydrogens (tertiary/aromatic N) is 1. The molecule has 18 heavy (non-hydrogen) atoms. The molecule has 1 aromatic carbocycles. The Morgan fingerprint density at radius 2 is 1.78 bits per heavy atom. The molecular weight excluding hydrogens is 220 g/mol. The SMILES string of the molecule is CNC(CN(C)CCc1ccccc1)C(C)(C)C. The summed E-state index contributed by atoms with van der Waals surface area (Å²) in [6.07, 6.45) is 1.12. The lowest BCUT2D eigenvalue weighted by Gasteiger charge is -2.33. The van der Waals surface area contributed by atoms with Crippen LogP contribution in [0.5, 0.6) is 0 Å². The highest BCUT2D eigenvalue weighted by atomic mass is 15.1. The van der Waals surface area contributed by atoms with Crippen LogP contribution in [0.3, 0.4) is 0 Å². The van der Waals surface area contributed by atoms with Gasteiger partial charge in [0.1, 0.15) is 0 Å². The van der Waals surface area contributed by atoms with E-state index in [9.17, 15) is 0 Å². The van der Waals surface area contributed by atoms with Crippen LogP contribution in [0.15, 0.2) is 30.3 Å². The smallest absolute Gasteiger partial charge is 0.0240 e. The zero-order valence-electron chi connectivity index (χ0n) is 12.5. The summed E-state index contributed by atoms with van der Waals surface area (Å²) in [6, 6.07) is 11.2. The van der Waals surface area contributed by atoms with Gasteiger partial charge in [-0.3, -0.25) is 0 Å². The molecule has 0 radical (unpaired) electrons. The summed E-state index contributed by atoms with van der Waals surface area (Å²) in [7, 11) is 4.26. The number of likely N-dealkylation sites (N-methyl/N-ethyl adjacent to an activating group) is 2. The summed E-state index contributed by atoms with van der Waals surface area (Å²) in [6.45, 7) is 9.07. The Labute approximate surface area is 112 Å². The van der Waals surface area contributed by atoms with Crippen molar-refractivity contribution in [2.75, 3.05) is 27.2 Å². The summed E-state index contributed by atoms with van der Waals surface area (Å²) in [5.74, 6) is 0. The van der Waals surface area contributed by atoms with Gasteiger partial charge in [0, 0.05) is 19.1 Å². The first-order valence-electron chi connectivity index (χ1n) is 6.83. The van der Waals surface area contributed by atoms with E-state index in [0.717, 1.165) is 19.5 Å². The van der Waals surface area contributed by atoms with Gasteiger partial charge in [-0.25, -0.2) is 0 Å². The van der Waals surface area contributed by atoms with Gasteiger partial charge in [-0.2, -0.15) is 0 Å². The quantitative estimate of drug-likeness (QED) is 0.833. The minimum atomic E-state index is 0.301. The van der Waals surface area contributed by atoms with Crippen molar-refractivity contribution in [1.29, 1.82) is 0 Å². The maximum atomic E-state index is 3.43. The summed E-state index contributed by atoms with van der Waals surface area (Å²) in [5, 5.41) is 3.43. The van der Waals surface area contributed by atoms with Gasteiger partial charge < -0.3 is 10.2 Å². The lowest BCUT2D eigenvalue weighted by Crippen LogP contribution is -2.46. The molecule has 1 aromatic rings. The zero-order valence-corrected chi connectivity index (χ0v) is 12.5. The van der Waals surface area contributed by atoms with Gasteiger partial charge in [-0.1, -0.05) is 51.1 Å². The molecule has 0 aliphatic rings. The van der Waals surface area contributed by atoms with E-state index in [4.69, 9.17) is 0 Å². The highest BCUT2D eigenvalue weighted by Gasteiger charge is 2.23. The Kier molecular flexibility index (Phi) is 5.83. The normalized spacial score (nSPS) is 13.9. The maximum absolute atomic E-state index is 3.43. The molecule has 1 N–H and O–H groups in total. The highest BCUT2D eigenvalue weighted by Crippen LogP contribution is 2.19. The second-order valence-corrected chi connectivity index (χ2v) is 6.21. The number of benzene rings is 1. The average Bonchev–Trinajstić information content (AvgIpc) is 2.33. The molecule has 0 aliphatic carbocycles. The highest BCUT2D eigenvalue weighted by molar-refractivity contribution is 5.14. The van der Waals surface area contributed by atoms with E-state index >= 15 is 0 Å². The number of nitrogens with one attached hydrogen (secondary N) is 1. The third-order valence-electron chi connectivity index (χ3n) is 3.51. The molecule has 2 nitrogen and oxygen atoms in total. The average molecular weight is 248 g/mol. The third-order valence-corrected chi connectivity index (χ3v) is 3.51. The molecule has 0 heterocycles. The predicted octanol–water partition coefficient (Wildman–Crippen LogP) is 2.80. The largest absolute Gasteiger partial charge is 0.315 e. The van der Waals surface area contributed by atoms with E-state index < -0.39 is 0 Å². The van der Waals surface area contributed by atoms with Crippen molar-refractivity contribution in [2.45, 2.75) is 33.2 Å². The molecule has 102 valence electrons. The molecule has 0 amide bonds. The first kappa shape index (κ1) is 15.2. The molecule has 2 heteroatoms. The van der Waals surface area contributed by atoms with Crippen LogP contribution in [0.2, 0.25) is 0 Å². The van der Waals surface area contributed by atoms with Crippen molar-refractivity contribution in [3.8, 4) is 0 Å². The van der Waals surface area contributed by atoms with E-state index in [1.165, 1.54) is 5.56 Å². The maximum Gasteiger partial charge on any atom is 0.0240 e. The fourth-order valence-electron chi connectivity index (χ4n) is 2.17. The fourth-order valence-corrected chi connectivity index (χ4v) is 2.17. The second kappa shape index (κ2) is 6.91. The van der Waals surface area contributed by atoms with E-state index in [-0.39, 0.29) is 0 Å². The fraction of sp³-hybridized carbons (Fsp3) is 0.625. The minimum Gasteiger partial charge on any atom is -0.315 e. The Balaban J connectivity index is 2.39. The van der Waals surface area contributed by atoms with Crippen molar-refractivity contribution in [3.05, 3.63) is 35.9 Å². The molecule has 1 rings (SSSR count). The predicted molar refractivity (Wildman–Crippen MR) is 79.9 cm³/mol. The van der Waals surface area contributed by atoms with E-state index in [0.29, 0.717) is 11.5 Å². The van der Waals surface area contributed by atoms with Gasteiger partial charge in [-0.15, -0.1) is 0 Å². The van der Waals surface area contributed by atoms with E-state index in [2.05, 4.69) is 75.4 Å². The van der Waals surface area contributed by atoms with Gasteiger partial charge in [0.25, 0.3) is 0 Å². The molecule has 0 bridgehead atoms. The number of hydrogen-bond donors (Lipinski definition) is 1. The monoisotopic (exact) mass is 248 g/mol. The Bertz CT molecular complexity index is 327. The minimum absolute atomic E-state index is 0.301. The Morgan fingerprint density at radius 1 is 1.17 bits per heavy atom. The van der Waals surface area contributed by atoms with Crippen LogP contribution >= 0.6 is 0 Å². The topological polar surface area (TPSA) is 15.3 Å². The van der Waals surface area contributed by atoms with Crippen LogP contribution in [0, 0.1) is 5.41 Å². The standard InChI is InChI=1S/C16H28N2/c1-16(2,3)15(17-4)13-18(5)12-11-14-9-7-6-8-10-14/h6-10,15,17H,11-13H2,1-5H3. The van der Waals surface area contributed by atoms with Gasteiger partial charge >= 0.3 is 0 Å². The van der Waals surface area contributed by atoms with Crippen LogP contribution in [0.25, 0.3) is 0 Å². The van der Waals surface area contributed by atoms with Crippen molar-refractivity contribution in [1.82, 2.24) is 10.2 Å². The van der Waals surface area contributed by atoms with Crippen LogP contribution in [-0.2, 0) is 6.42 Å². The molecule has 0 saturated heterocycles. The van der Waals surface area contributed by atoms with Crippen molar-refractivity contribution >= 4 is 0 Å². The van der Waals surface area contributed by atoms with Crippen molar-refractivity contribution < 1.29 is 0 Å². The summed E-state index contributed by atoms with van der Waals surface area (Å²) >= 11 is 0. The molecule has 1 atom stereocenters. The van der Waals surface area contributed by atoms with Crippen LogP contribution < -0.4 is 5.32 Å². The van der Waals surface area contributed by atoms with Gasteiger partial charge in [0.2, 0.25) is 0 Å². The molecule has 0 aliphatic heterocycles. The van der Waals surface area contributed by atoms with Gasteiger partial charge in [0.05, 0.1) is 0 Å².